The minimum Gasteiger partial charge on any atom is -0.324 e. The third-order valence-corrected chi connectivity index (χ3v) is 6.29. The van der Waals surface area contributed by atoms with Crippen LogP contribution in [0.4, 0.5) is 4.39 Å². The molecule has 1 unspecified atom stereocenters. The smallest absolute Gasteiger partial charge is 0.286 e. The molecule has 0 amide bonds. The fourth-order valence-electron chi connectivity index (χ4n) is 4.75. The number of benzene rings is 1. The monoisotopic (exact) mass is 494 g/mol. The molecule has 0 saturated heterocycles. The molecule has 0 aliphatic heterocycles. The molecule has 0 heterocycles. The zero-order valence-electron chi connectivity index (χ0n) is 23.9. The van der Waals surface area contributed by atoms with Crippen molar-refractivity contribution < 1.29 is 18.6 Å². The van der Waals surface area contributed by atoms with Crippen LogP contribution in [0.1, 0.15) is 131 Å². The van der Waals surface area contributed by atoms with Crippen LogP contribution in [-0.2, 0) is 20.6 Å². The Balaban J connectivity index is 2.75. The SMILES string of the molecule is CCCCCCCCC(CCCCCCc1ccc(F)cc1)C(OC(C)C)(OC(C)C)OC(C)C. The Hall–Kier alpha value is -0.970. The highest BCUT2D eigenvalue weighted by atomic mass is 19.1. The first-order valence-electron chi connectivity index (χ1n) is 14.5. The first-order chi connectivity index (χ1) is 16.7. The second-order valence-electron chi connectivity index (χ2n) is 10.9. The third-order valence-electron chi connectivity index (χ3n) is 6.29. The van der Waals surface area contributed by atoms with Crippen molar-refractivity contribution in [1.82, 2.24) is 0 Å². The van der Waals surface area contributed by atoms with E-state index in [1.807, 2.05) is 12.1 Å². The van der Waals surface area contributed by atoms with Crippen LogP contribution in [0, 0.1) is 11.7 Å². The summed E-state index contributed by atoms with van der Waals surface area (Å²) in [6.45, 7) is 14.7. The van der Waals surface area contributed by atoms with E-state index >= 15 is 0 Å². The van der Waals surface area contributed by atoms with Crippen molar-refractivity contribution in [1.29, 1.82) is 0 Å². The number of hydrogen-bond acceptors (Lipinski definition) is 3. The molecule has 0 aromatic heterocycles. The topological polar surface area (TPSA) is 27.7 Å². The maximum Gasteiger partial charge on any atom is 0.286 e. The molecule has 35 heavy (non-hydrogen) atoms. The van der Waals surface area contributed by atoms with Crippen LogP contribution in [0.2, 0.25) is 0 Å². The van der Waals surface area contributed by atoms with Crippen LogP contribution in [0.15, 0.2) is 24.3 Å². The van der Waals surface area contributed by atoms with Crippen LogP contribution >= 0.6 is 0 Å². The summed E-state index contributed by atoms with van der Waals surface area (Å²) >= 11 is 0. The standard InChI is InChI=1S/C31H55FO3/c1-8-9-10-11-12-16-19-29(31(33-25(2)3,34-26(4)5)35-27(6)7)20-17-14-13-15-18-28-21-23-30(32)24-22-28/h21-27,29H,8-20H2,1-7H3. The fraction of sp³-hybridized carbons (Fsp3) is 0.806. The largest absolute Gasteiger partial charge is 0.324 e. The van der Waals surface area contributed by atoms with Crippen molar-refractivity contribution in [2.24, 2.45) is 5.92 Å². The highest BCUT2D eigenvalue weighted by Crippen LogP contribution is 2.37. The van der Waals surface area contributed by atoms with E-state index < -0.39 is 5.97 Å². The minimum atomic E-state index is -0.992. The lowest BCUT2D eigenvalue weighted by atomic mass is 9.91. The molecule has 0 radical (unpaired) electrons. The Morgan fingerprint density at radius 2 is 1.06 bits per heavy atom. The van der Waals surface area contributed by atoms with Crippen molar-refractivity contribution >= 4 is 0 Å². The van der Waals surface area contributed by atoms with E-state index in [0.29, 0.717) is 0 Å². The van der Waals surface area contributed by atoms with E-state index in [-0.39, 0.29) is 30.0 Å². The molecule has 1 atom stereocenters. The summed E-state index contributed by atoms with van der Waals surface area (Å²) in [5.41, 5.74) is 1.22. The molecule has 0 fully saturated rings. The average molecular weight is 495 g/mol. The summed E-state index contributed by atoms with van der Waals surface area (Å²) < 4.78 is 32.6. The Kier molecular flexibility index (Phi) is 16.8. The first kappa shape index (κ1) is 32.1. The van der Waals surface area contributed by atoms with Gasteiger partial charge < -0.3 is 14.2 Å². The number of rotatable bonds is 21. The van der Waals surface area contributed by atoms with Crippen molar-refractivity contribution in [3.8, 4) is 0 Å². The molecule has 0 N–H and O–H groups in total. The lowest BCUT2D eigenvalue weighted by Gasteiger charge is -2.43. The highest BCUT2D eigenvalue weighted by Gasteiger charge is 2.44. The normalized spacial score (nSPS) is 13.3. The molecule has 0 aliphatic carbocycles. The van der Waals surface area contributed by atoms with Crippen molar-refractivity contribution in [3.05, 3.63) is 35.6 Å². The van der Waals surface area contributed by atoms with Crippen LogP contribution < -0.4 is 0 Å². The van der Waals surface area contributed by atoms with Gasteiger partial charge in [-0.25, -0.2) is 4.39 Å². The van der Waals surface area contributed by atoms with Crippen molar-refractivity contribution in [3.63, 3.8) is 0 Å². The molecule has 1 aromatic rings. The predicted octanol–water partition coefficient (Wildman–Crippen LogP) is 9.61. The predicted molar refractivity (Wildman–Crippen MR) is 146 cm³/mol. The summed E-state index contributed by atoms with van der Waals surface area (Å²) in [5, 5.41) is 0. The average Bonchev–Trinajstić information content (AvgIpc) is 2.76. The maximum absolute atomic E-state index is 13.1. The Bertz CT molecular complexity index is 600. The first-order valence-corrected chi connectivity index (χ1v) is 14.5. The molecule has 0 bridgehead atoms. The summed E-state index contributed by atoms with van der Waals surface area (Å²) in [6.07, 6.45) is 15.5. The fourth-order valence-corrected chi connectivity index (χ4v) is 4.75. The molecule has 3 nitrogen and oxygen atoms in total. The zero-order chi connectivity index (χ0) is 26.1. The van der Waals surface area contributed by atoms with Crippen molar-refractivity contribution in [2.45, 2.75) is 156 Å². The lowest BCUT2D eigenvalue weighted by molar-refractivity contribution is -0.433. The van der Waals surface area contributed by atoms with Gasteiger partial charge in [-0.2, -0.15) is 0 Å². The van der Waals surface area contributed by atoms with Crippen LogP contribution in [-0.4, -0.2) is 24.3 Å². The van der Waals surface area contributed by atoms with E-state index in [1.165, 1.54) is 56.9 Å². The second-order valence-corrected chi connectivity index (χ2v) is 10.9. The molecule has 204 valence electrons. The summed E-state index contributed by atoms with van der Waals surface area (Å²) in [7, 11) is 0. The Labute approximate surface area is 216 Å². The number of halogens is 1. The van der Waals surface area contributed by atoms with Gasteiger partial charge in [-0.1, -0.05) is 76.8 Å². The van der Waals surface area contributed by atoms with E-state index in [1.54, 1.807) is 12.1 Å². The van der Waals surface area contributed by atoms with Crippen LogP contribution in [0.5, 0.6) is 0 Å². The van der Waals surface area contributed by atoms with E-state index in [9.17, 15) is 4.39 Å². The van der Waals surface area contributed by atoms with E-state index in [2.05, 4.69) is 48.5 Å². The van der Waals surface area contributed by atoms with Gasteiger partial charge in [0.25, 0.3) is 5.97 Å². The summed E-state index contributed by atoms with van der Waals surface area (Å²) in [5.74, 6) is -0.948. The van der Waals surface area contributed by atoms with Gasteiger partial charge in [-0.3, -0.25) is 0 Å². The Morgan fingerprint density at radius 1 is 0.629 bits per heavy atom. The van der Waals surface area contributed by atoms with Gasteiger partial charge in [0.2, 0.25) is 0 Å². The van der Waals surface area contributed by atoms with Gasteiger partial charge in [-0.15, -0.1) is 0 Å². The molecular formula is C31H55FO3. The van der Waals surface area contributed by atoms with Gasteiger partial charge in [-0.05, 0) is 84.9 Å². The maximum atomic E-state index is 13.1. The number of unbranched alkanes of at least 4 members (excludes halogenated alkanes) is 8. The summed E-state index contributed by atoms with van der Waals surface area (Å²) in [4.78, 5) is 0. The van der Waals surface area contributed by atoms with Gasteiger partial charge in [0.15, 0.2) is 0 Å². The van der Waals surface area contributed by atoms with E-state index in [0.717, 1.165) is 32.1 Å². The van der Waals surface area contributed by atoms with Gasteiger partial charge in [0.05, 0.1) is 18.3 Å². The molecule has 0 spiro atoms. The van der Waals surface area contributed by atoms with Crippen molar-refractivity contribution in [2.75, 3.05) is 0 Å². The minimum absolute atomic E-state index is 0.0234. The second kappa shape index (κ2) is 18.3. The van der Waals surface area contributed by atoms with E-state index in [4.69, 9.17) is 14.2 Å². The molecule has 1 aromatic carbocycles. The molecule has 0 saturated carbocycles. The number of hydrogen-bond donors (Lipinski definition) is 0. The van der Waals surface area contributed by atoms with Gasteiger partial charge in [0, 0.05) is 5.92 Å². The highest BCUT2D eigenvalue weighted by molar-refractivity contribution is 5.15. The number of aryl methyl sites for hydroxylation is 1. The van der Waals surface area contributed by atoms with Crippen LogP contribution in [0.3, 0.4) is 0 Å². The van der Waals surface area contributed by atoms with Gasteiger partial charge >= 0.3 is 0 Å². The van der Waals surface area contributed by atoms with Gasteiger partial charge in [0.1, 0.15) is 5.82 Å². The molecule has 1 rings (SSSR count). The molecular weight excluding hydrogens is 439 g/mol. The zero-order valence-corrected chi connectivity index (χ0v) is 23.9. The van der Waals surface area contributed by atoms with Crippen LogP contribution in [0.25, 0.3) is 0 Å². The molecule has 4 heteroatoms. The number of ether oxygens (including phenoxy) is 3. The lowest BCUT2D eigenvalue weighted by Crippen LogP contribution is -2.50. The third kappa shape index (κ3) is 14.4. The Morgan fingerprint density at radius 3 is 1.51 bits per heavy atom. The quantitative estimate of drug-likeness (QED) is 0.126. The summed E-state index contributed by atoms with van der Waals surface area (Å²) in [6, 6.07) is 6.91. The molecule has 0 aliphatic rings.